The fraction of sp³-hybridized carbons (Fsp3) is 0.267. The average molecular weight is 288 g/mol. The van der Waals surface area contributed by atoms with Gasteiger partial charge in [-0.25, -0.2) is 0 Å². The molecule has 1 unspecified atom stereocenters. The van der Waals surface area contributed by atoms with Crippen LogP contribution in [-0.4, -0.2) is 19.9 Å². The number of thiophene rings is 1. The smallest absolute Gasteiger partial charge is 0.166 e. The van der Waals surface area contributed by atoms with Gasteiger partial charge in [-0.1, -0.05) is 18.2 Å². The van der Waals surface area contributed by atoms with Crippen LogP contribution < -0.4 is 14.9 Å². The number of hydrogen-bond donors (Lipinski definition) is 1. The maximum absolute atomic E-state index is 5.49. The van der Waals surface area contributed by atoms with Gasteiger partial charge in [0.2, 0.25) is 0 Å². The van der Waals surface area contributed by atoms with Crippen LogP contribution in [0.15, 0.2) is 40.8 Å². The standard InChI is InChI=1S/C15H16N2O2S/c1-18-13-6-3-5-10(15(13)19-2)11-9-12(17-16-11)14-7-4-8-20-14/h3-8,11,16H,9H2,1-2H3. The van der Waals surface area contributed by atoms with Crippen LogP contribution >= 0.6 is 11.3 Å². The molecule has 2 heterocycles. The molecule has 1 N–H and O–H groups in total. The molecule has 4 nitrogen and oxygen atoms in total. The predicted molar refractivity (Wildman–Crippen MR) is 80.9 cm³/mol. The lowest BCUT2D eigenvalue weighted by molar-refractivity contribution is 0.348. The van der Waals surface area contributed by atoms with Crippen LogP contribution in [0, 0.1) is 0 Å². The Balaban J connectivity index is 1.86. The van der Waals surface area contributed by atoms with Gasteiger partial charge < -0.3 is 14.9 Å². The Morgan fingerprint density at radius 1 is 1.20 bits per heavy atom. The first-order valence-corrected chi connectivity index (χ1v) is 7.28. The number of nitrogens with one attached hydrogen (secondary N) is 1. The van der Waals surface area contributed by atoms with Crippen molar-refractivity contribution in [2.75, 3.05) is 14.2 Å². The van der Waals surface area contributed by atoms with Gasteiger partial charge in [0.05, 0.1) is 30.9 Å². The zero-order chi connectivity index (χ0) is 13.9. The Kier molecular flexibility index (Phi) is 3.60. The van der Waals surface area contributed by atoms with Crippen molar-refractivity contribution in [3.05, 3.63) is 46.2 Å². The van der Waals surface area contributed by atoms with Crippen LogP contribution in [0.3, 0.4) is 0 Å². The summed E-state index contributed by atoms with van der Waals surface area (Å²) in [6.45, 7) is 0. The minimum absolute atomic E-state index is 0.122. The first-order chi connectivity index (χ1) is 9.83. The molecule has 20 heavy (non-hydrogen) atoms. The van der Waals surface area contributed by atoms with E-state index < -0.39 is 0 Å². The second-order valence-electron chi connectivity index (χ2n) is 4.50. The molecule has 0 saturated carbocycles. The molecule has 1 aromatic heterocycles. The molecule has 0 bridgehead atoms. The highest BCUT2D eigenvalue weighted by Crippen LogP contribution is 2.37. The van der Waals surface area contributed by atoms with E-state index in [0.717, 1.165) is 29.2 Å². The van der Waals surface area contributed by atoms with Gasteiger partial charge >= 0.3 is 0 Å². The van der Waals surface area contributed by atoms with Gasteiger partial charge in [0.1, 0.15) is 0 Å². The number of nitrogens with zero attached hydrogens (tertiary/aromatic N) is 1. The lowest BCUT2D eigenvalue weighted by Crippen LogP contribution is -2.11. The summed E-state index contributed by atoms with van der Waals surface area (Å²) in [5, 5.41) is 6.51. The van der Waals surface area contributed by atoms with Gasteiger partial charge in [-0.05, 0) is 17.5 Å². The van der Waals surface area contributed by atoms with Gasteiger partial charge in [0.15, 0.2) is 11.5 Å². The molecule has 1 atom stereocenters. The van der Waals surface area contributed by atoms with Crippen LogP contribution in [0.2, 0.25) is 0 Å². The van der Waals surface area contributed by atoms with Crippen molar-refractivity contribution >= 4 is 17.0 Å². The number of para-hydroxylation sites is 1. The highest BCUT2D eigenvalue weighted by atomic mass is 32.1. The molecule has 1 aromatic carbocycles. The van der Waals surface area contributed by atoms with Crippen LogP contribution in [-0.2, 0) is 0 Å². The Hall–Kier alpha value is -2.01. The minimum Gasteiger partial charge on any atom is -0.493 e. The largest absolute Gasteiger partial charge is 0.493 e. The van der Waals surface area contributed by atoms with Gasteiger partial charge in [0.25, 0.3) is 0 Å². The Morgan fingerprint density at radius 2 is 2.10 bits per heavy atom. The first kappa shape index (κ1) is 13.0. The summed E-state index contributed by atoms with van der Waals surface area (Å²) in [6, 6.07) is 10.2. The van der Waals surface area contributed by atoms with Crippen molar-refractivity contribution in [2.24, 2.45) is 5.10 Å². The molecule has 1 aliphatic heterocycles. The number of methoxy groups -OCH3 is 2. The van der Waals surface area contributed by atoms with Crippen LogP contribution in [0.5, 0.6) is 11.5 Å². The third-order valence-corrected chi connectivity index (χ3v) is 4.29. The molecular weight excluding hydrogens is 272 g/mol. The number of hydrogen-bond acceptors (Lipinski definition) is 5. The quantitative estimate of drug-likeness (QED) is 0.939. The zero-order valence-electron chi connectivity index (χ0n) is 11.4. The second kappa shape index (κ2) is 5.54. The number of hydrazone groups is 1. The van der Waals surface area contributed by atoms with Crippen molar-refractivity contribution in [1.29, 1.82) is 0 Å². The maximum atomic E-state index is 5.49. The third kappa shape index (κ3) is 2.25. The van der Waals surface area contributed by atoms with E-state index in [9.17, 15) is 0 Å². The number of ether oxygens (including phenoxy) is 2. The molecule has 0 aliphatic carbocycles. The van der Waals surface area contributed by atoms with E-state index in [1.165, 1.54) is 4.88 Å². The van der Waals surface area contributed by atoms with Crippen LogP contribution in [0.25, 0.3) is 0 Å². The first-order valence-electron chi connectivity index (χ1n) is 6.40. The van der Waals surface area contributed by atoms with E-state index in [2.05, 4.69) is 22.0 Å². The van der Waals surface area contributed by atoms with Crippen LogP contribution in [0.1, 0.15) is 22.9 Å². The number of rotatable bonds is 4. The van der Waals surface area contributed by atoms with Crippen LogP contribution in [0.4, 0.5) is 0 Å². The van der Waals surface area contributed by atoms with Gasteiger partial charge in [-0.15, -0.1) is 11.3 Å². The Morgan fingerprint density at radius 3 is 2.80 bits per heavy atom. The van der Waals surface area contributed by atoms with Crippen molar-refractivity contribution in [2.45, 2.75) is 12.5 Å². The highest BCUT2D eigenvalue weighted by Gasteiger charge is 2.25. The second-order valence-corrected chi connectivity index (χ2v) is 5.45. The summed E-state index contributed by atoms with van der Waals surface area (Å²) < 4.78 is 10.8. The maximum Gasteiger partial charge on any atom is 0.166 e. The summed E-state index contributed by atoms with van der Waals surface area (Å²) in [4.78, 5) is 1.21. The summed E-state index contributed by atoms with van der Waals surface area (Å²) in [7, 11) is 3.31. The Labute approximate surface area is 122 Å². The normalized spacial score (nSPS) is 17.5. The summed E-state index contributed by atoms with van der Waals surface area (Å²) >= 11 is 1.71. The molecule has 2 aromatic rings. The van der Waals surface area contributed by atoms with Gasteiger partial charge in [0, 0.05) is 12.0 Å². The van der Waals surface area contributed by atoms with Crippen molar-refractivity contribution in [3.8, 4) is 11.5 Å². The molecule has 0 amide bonds. The molecule has 5 heteroatoms. The SMILES string of the molecule is COc1cccc(C2CC(c3cccs3)=NN2)c1OC. The average Bonchev–Trinajstić information content (AvgIpc) is 3.16. The molecule has 104 valence electrons. The summed E-state index contributed by atoms with van der Waals surface area (Å²) in [5.41, 5.74) is 5.36. The molecule has 0 fully saturated rings. The molecule has 0 spiro atoms. The van der Waals surface area contributed by atoms with E-state index >= 15 is 0 Å². The molecule has 3 rings (SSSR count). The van der Waals surface area contributed by atoms with E-state index in [1.807, 2.05) is 24.3 Å². The zero-order valence-corrected chi connectivity index (χ0v) is 12.2. The van der Waals surface area contributed by atoms with Gasteiger partial charge in [-0.2, -0.15) is 5.10 Å². The van der Waals surface area contributed by atoms with Crippen molar-refractivity contribution < 1.29 is 9.47 Å². The molecule has 0 radical (unpaired) electrons. The van der Waals surface area contributed by atoms with E-state index in [-0.39, 0.29) is 6.04 Å². The summed E-state index contributed by atoms with van der Waals surface area (Å²) in [6.07, 6.45) is 0.851. The lowest BCUT2D eigenvalue weighted by atomic mass is 10.0. The lowest BCUT2D eigenvalue weighted by Gasteiger charge is -2.16. The van der Waals surface area contributed by atoms with E-state index in [4.69, 9.17) is 9.47 Å². The number of benzene rings is 1. The highest BCUT2D eigenvalue weighted by molar-refractivity contribution is 7.12. The molecule has 1 aliphatic rings. The Bertz CT molecular complexity index is 623. The molecular formula is C15H16N2O2S. The van der Waals surface area contributed by atoms with Gasteiger partial charge in [-0.3, -0.25) is 0 Å². The minimum atomic E-state index is 0.122. The molecule has 0 saturated heterocycles. The van der Waals surface area contributed by atoms with E-state index in [1.54, 1.807) is 25.6 Å². The fourth-order valence-electron chi connectivity index (χ4n) is 2.40. The summed E-state index contributed by atoms with van der Waals surface area (Å²) in [5.74, 6) is 1.52. The van der Waals surface area contributed by atoms with Crippen molar-refractivity contribution in [1.82, 2.24) is 5.43 Å². The fourth-order valence-corrected chi connectivity index (χ4v) is 3.13. The topological polar surface area (TPSA) is 42.8 Å². The monoisotopic (exact) mass is 288 g/mol. The van der Waals surface area contributed by atoms with E-state index in [0.29, 0.717) is 0 Å². The van der Waals surface area contributed by atoms with Crippen molar-refractivity contribution in [3.63, 3.8) is 0 Å². The third-order valence-electron chi connectivity index (χ3n) is 3.37. The predicted octanol–water partition coefficient (Wildman–Crippen LogP) is 3.20.